The number of halogens is 3. The van der Waals surface area contributed by atoms with Crippen LogP contribution in [0.1, 0.15) is 25.7 Å². The minimum absolute atomic E-state index is 0.0130. The summed E-state index contributed by atoms with van der Waals surface area (Å²) in [6.45, 7) is 3.13. The van der Waals surface area contributed by atoms with E-state index in [-0.39, 0.29) is 12.1 Å². The molecule has 2 aliphatic heterocycles. The van der Waals surface area contributed by atoms with E-state index in [1.165, 1.54) is 4.90 Å². The molecule has 2 heterocycles. The number of methoxy groups -OCH3 is 1. The zero-order valence-corrected chi connectivity index (χ0v) is 15.7. The van der Waals surface area contributed by atoms with Gasteiger partial charge < -0.3 is 19.7 Å². The number of hydrogen-bond donors (Lipinski definition) is 1. The highest BCUT2D eigenvalue weighted by atomic mass is 19.4. The van der Waals surface area contributed by atoms with Gasteiger partial charge in [-0.25, -0.2) is 0 Å². The van der Waals surface area contributed by atoms with Crippen molar-refractivity contribution >= 4 is 5.96 Å². The molecule has 2 rings (SSSR count). The van der Waals surface area contributed by atoms with Gasteiger partial charge in [0.25, 0.3) is 0 Å². The Morgan fingerprint density at radius 2 is 1.88 bits per heavy atom. The number of alkyl halides is 3. The van der Waals surface area contributed by atoms with Crippen LogP contribution in [0.25, 0.3) is 0 Å². The van der Waals surface area contributed by atoms with Gasteiger partial charge in [0, 0.05) is 59.6 Å². The third-order valence-corrected chi connectivity index (χ3v) is 4.81. The smallest absolute Gasteiger partial charge is 0.385 e. The Bertz CT molecular complexity index is 440. The van der Waals surface area contributed by atoms with Gasteiger partial charge in [-0.2, -0.15) is 13.2 Å². The molecule has 0 saturated carbocycles. The maximum atomic E-state index is 12.5. The molecule has 1 N–H and O–H groups in total. The first kappa shape index (κ1) is 21.2. The van der Waals surface area contributed by atoms with Gasteiger partial charge >= 0.3 is 6.18 Å². The fourth-order valence-electron chi connectivity index (χ4n) is 3.51. The fraction of sp³-hybridized carbons (Fsp3) is 0.941. The molecule has 0 aromatic carbocycles. The molecule has 1 atom stereocenters. The largest absolute Gasteiger partial charge is 0.401 e. The van der Waals surface area contributed by atoms with Crippen molar-refractivity contribution in [3.63, 3.8) is 0 Å². The predicted octanol–water partition coefficient (Wildman–Crippen LogP) is 1.72. The molecule has 2 fully saturated rings. The first-order valence-electron chi connectivity index (χ1n) is 9.29. The molecule has 0 bridgehead atoms. The van der Waals surface area contributed by atoms with Gasteiger partial charge in [0.2, 0.25) is 0 Å². The van der Waals surface area contributed by atoms with E-state index in [1.807, 2.05) is 0 Å². The minimum Gasteiger partial charge on any atom is -0.385 e. The summed E-state index contributed by atoms with van der Waals surface area (Å²) in [6.07, 6.45) is -0.418. The minimum atomic E-state index is -4.14. The molecule has 0 radical (unpaired) electrons. The molecule has 0 aromatic heterocycles. The number of guanidine groups is 1. The summed E-state index contributed by atoms with van der Waals surface area (Å²) in [5, 5.41) is 3.34. The monoisotopic (exact) mass is 380 g/mol. The SMILES string of the molecule is CN=C(NC1CCN(CC(F)(F)F)C1)N1CCC(OCCCOC)CC1. The summed E-state index contributed by atoms with van der Waals surface area (Å²) in [7, 11) is 3.40. The van der Waals surface area contributed by atoms with Crippen LogP contribution < -0.4 is 5.32 Å². The molecular weight excluding hydrogens is 349 g/mol. The van der Waals surface area contributed by atoms with Crippen molar-refractivity contribution < 1.29 is 22.6 Å². The highest BCUT2D eigenvalue weighted by molar-refractivity contribution is 5.80. The average Bonchev–Trinajstić information content (AvgIpc) is 3.02. The van der Waals surface area contributed by atoms with Crippen molar-refractivity contribution in [2.45, 2.75) is 44.0 Å². The van der Waals surface area contributed by atoms with Gasteiger partial charge in [-0.15, -0.1) is 0 Å². The number of ether oxygens (including phenoxy) is 2. The number of aliphatic imine (C=N–C) groups is 1. The van der Waals surface area contributed by atoms with E-state index in [9.17, 15) is 13.2 Å². The number of piperidine rings is 1. The summed E-state index contributed by atoms with van der Waals surface area (Å²) in [4.78, 5) is 7.94. The molecule has 26 heavy (non-hydrogen) atoms. The van der Waals surface area contributed by atoms with E-state index in [0.29, 0.717) is 32.7 Å². The van der Waals surface area contributed by atoms with Crippen LogP contribution in [0.15, 0.2) is 4.99 Å². The Hall–Kier alpha value is -1.06. The van der Waals surface area contributed by atoms with Crippen LogP contribution in [0.2, 0.25) is 0 Å². The lowest BCUT2D eigenvalue weighted by Crippen LogP contribution is -2.50. The third-order valence-electron chi connectivity index (χ3n) is 4.81. The number of nitrogens with zero attached hydrogens (tertiary/aromatic N) is 3. The van der Waals surface area contributed by atoms with Gasteiger partial charge in [-0.05, 0) is 25.7 Å². The summed E-state index contributed by atoms with van der Waals surface area (Å²) in [5.74, 6) is 0.779. The van der Waals surface area contributed by atoms with Crippen molar-refractivity contribution in [3.05, 3.63) is 0 Å². The average molecular weight is 380 g/mol. The zero-order valence-electron chi connectivity index (χ0n) is 15.7. The molecular formula is C17H31F3N4O2. The Balaban J connectivity index is 1.70. The maximum absolute atomic E-state index is 12.5. The van der Waals surface area contributed by atoms with Gasteiger partial charge in [0.15, 0.2) is 5.96 Å². The molecule has 6 nitrogen and oxygen atoms in total. The molecule has 9 heteroatoms. The summed E-state index contributed by atoms with van der Waals surface area (Å²) < 4.78 is 48.4. The number of likely N-dealkylation sites (tertiary alicyclic amines) is 2. The van der Waals surface area contributed by atoms with E-state index in [2.05, 4.69) is 15.2 Å². The van der Waals surface area contributed by atoms with Crippen molar-refractivity contribution in [3.8, 4) is 0 Å². The predicted molar refractivity (Wildman–Crippen MR) is 94.4 cm³/mol. The van der Waals surface area contributed by atoms with E-state index in [4.69, 9.17) is 9.47 Å². The Kier molecular flexibility index (Phi) is 8.43. The number of nitrogens with one attached hydrogen (secondary N) is 1. The normalized spacial score (nSPS) is 23.7. The first-order chi connectivity index (χ1) is 12.4. The fourth-order valence-corrected chi connectivity index (χ4v) is 3.51. The van der Waals surface area contributed by atoms with Crippen molar-refractivity contribution in [2.75, 3.05) is 60.1 Å². The summed E-state index contributed by atoms with van der Waals surface area (Å²) in [5.41, 5.74) is 0. The van der Waals surface area contributed by atoms with Gasteiger partial charge in [0.05, 0.1) is 12.6 Å². The lowest BCUT2D eigenvalue weighted by molar-refractivity contribution is -0.143. The van der Waals surface area contributed by atoms with Crippen LogP contribution in [0, 0.1) is 0 Å². The lowest BCUT2D eigenvalue weighted by Gasteiger charge is -2.35. The second-order valence-electron chi connectivity index (χ2n) is 6.93. The van der Waals surface area contributed by atoms with E-state index in [1.54, 1.807) is 14.2 Å². The van der Waals surface area contributed by atoms with Crippen LogP contribution in [0.5, 0.6) is 0 Å². The zero-order chi connectivity index (χ0) is 19.0. The lowest BCUT2D eigenvalue weighted by atomic mass is 10.1. The molecule has 2 saturated heterocycles. The maximum Gasteiger partial charge on any atom is 0.401 e. The second-order valence-corrected chi connectivity index (χ2v) is 6.93. The van der Waals surface area contributed by atoms with Crippen LogP contribution in [0.3, 0.4) is 0 Å². The number of hydrogen-bond acceptors (Lipinski definition) is 4. The molecule has 0 amide bonds. The molecule has 0 aromatic rings. The van der Waals surface area contributed by atoms with Crippen molar-refractivity contribution in [1.82, 2.24) is 15.1 Å². The van der Waals surface area contributed by atoms with E-state index in [0.717, 1.165) is 38.3 Å². The highest BCUT2D eigenvalue weighted by Crippen LogP contribution is 2.20. The molecule has 2 aliphatic rings. The van der Waals surface area contributed by atoms with E-state index < -0.39 is 12.7 Å². The van der Waals surface area contributed by atoms with Crippen LogP contribution >= 0.6 is 0 Å². The first-order valence-corrected chi connectivity index (χ1v) is 9.29. The van der Waals surface area contributed by atoms with Crippen molar-refractivity contribution in [1.29, 1.82) is 0 Å². The van der Waals surface area contributed by atoms with Crippen LogP contribution in [-0.4, -0.2) is 94.2 Å². The molecule has 0 spiro atoms. The molecule has 152 valence electrons. The highest BCUT2D eigenvalue weighted by Gasteiger charge is 2.35. The Morgan fingerprint density at radius 1 is 1.15 bits per heavy atom. The Labute approximate surface area is 153 Å². The summed E-state index contributed by atoms with van der Waals surface area (Å²) in [6, 6.07) is 0.0130. The van der Waals surface area contributed by atoms with Gasteiger partial charge in [-0.1, -0.05) is 0 Å². The number of rotatable bonds is 7. The quantitative estimate of drug-likeness (QED) is 0.414. The van der Waals surface area contributed by atoms with E-state index >= 15 is 0 Å². The van der Waals surface area contributed by atoms with Gasteiger partial charge in [0.1, 0.15) is 0 Å². The van der Waals surface area contributed by atoms with Crippen molar-refractivity contribution in [2.24, 2.45) is 4.99 Å². The van der Waals surface area contributed by atoms with Crippen LogP contribution in [-0.2, 0) is 9.47 Å². The standard InChI is InChI=1S/C17H31F3N4O2/c1-21-16(22-14-4-7-23(12-14)13-17(18,19)20)24-8-5-15(6-9-24)26-11-3-10-25-2/h14-15H,3-13H2,1-2H3,(H,21,22). The second kappa shape index (κ2) is 10.3. The van der Waals surface area contributed by atoms with Crippen LogP contribution in [0.4, 0.5) is 13.2 Å². The molecule has 1 unspecified atom stereocenters. The van der Waals surface area contributed by atoms with Gasteiger partial charge in [-0.3, -0.25) is 9.89 Å². The summed E-state index contributed by atoms with van der Waals surface area (Å²) >= 11 is 0. The third kappa shape index (κ3) is 7.28. The Morgan fingerprint density at radius 3 is 2.50 bits per heavy atom. The topological polar surface area (TPSA) is 49.3 Å². The molecule has 0 aliphatic carbocycles.